The van der Waals surface area contributed by atoms with Crippen molar-refractivity contribution in [3.63, 3.8) is 0 Å². The molecule has 0 N–H and O–H groups in total. The number of amides is 1. The summed E-state index contributed by atoms with van der Waals surface area (Å²) in [4.78, 5) is 20.9. The molecule has 0 aliphatic carbocycles. The molecule has 0 spiro atoms. The SMILES string of the molecule is COc1cc2c(cc1OC)C(c1cccs1)N(C(=O)CSc1nc3ccccc3o1)CC2. The van der Waals surface area contributed by atoms with Crippen LogP contribution < -0.4 is 9.47 Å². The van der Waals surface area contributed by atoms with E-state index in [2.05, 4.69) is 11.1 Å². The van der Waals surface area contributed by atoms with Gasteiger partial charge in [0.2, 0.25) is 5.91 Å². The second-order valence-corrected chi connectivity index (χ2v) is 9.30. The van der Waals surface area contributed by atoms with Crippen LogP contribution in [0.5, 0.6) is 11.5 Å². The highest BCUT2D eigenvalue weighted by Crippen LogP contribution is 2.42. The number of oxazole rings is 1. The van der Waals surface area contributed by atoms with Gasteiger partial charge in [0.15, 0.2) is 17.1 Å². The van der Waals surface area contributed by atoms with Gasteiger partial charge < -0.3 is 18.8 Å². The number of ether oxygens (including phenoxy) is 2. The number of carbonyl (C=O) groups excluding carboxylic acids is 1. The maximum absolute atomic E-state index is 13.4. The number of hydrogen-bond acceptors (Lipinski definition) is 7. The average molecular weight is 467 g/mol. The van der Waals surface area contributed by atoms with Crippen LogP contribution in [0.2, 0.25) is 0 Å². The summed E-state index contributed by atoms with van der Waals surface area (Å²) in [6.07, 6.45) is 0.761. The lowest BCUT2D eigenvalue weighted by molar-refractivity contribution is -0.130. The van der Waals surface area contributed by atoms with Gasteiger partial charge in [-0.2, -0.15) is 0 Å². The molecule has 0 bridgehead atoms. The Bertz CT molecular complexity index is 1220. The van der Waals surface area contributed by atoms with Gasteiger partial charge in [0.05, 0.1) is 26.0 Å². The molecular formula is C24H22N2O4S2. The summed E-state index contributed by atoms with van der Waals surface area (Å²) in [5, 5.41) is 2.55. The molecule has 164 valence electrons. The molecule has 1 amide bonds. The first-order valence-electron chi connectivity index (χ1n) is 10.2. The Labute approximate surface area is 194 Å². The van der Waals surface area contributed by atoms with E-state index in [4.69, 9.17) is 13.9 Å². The molecule has 2 aromatic carbocycles. The Morgan fingerprint density at radius 2 is 2.00 bits per heavy atom. The highest BCUT2D eigenvalue weighted by Gasteiger charge is 2.34. The maximum atomic E-state index is 13.4. The molecule has 1 unspecified atom stereocenters. The zero-order chi connectivity index (χ0) is 22.1. The molecule has 1 aliphatic rings. The third kappa shape index (κ3) is 3.84. The van der Waals surface area contributed by atoms with E-state index in [9.17, 15) is 4.79 Å². The Morgan fingerprint density at radius 1 is 1.19 bits per heavy atom. The minimum Gasteiger partial charge on any atom is -0.493 e. The van der Waals surface area contributed by atoms with Gasteiger partial charge in [0, 0.05) is 11.4 Å². The lowest BCUT2D eigenvalue weighted by Crippen LogP contribution is -2.41. The van der Waals surface area contributed by atoms with Crippen molar-refractivity contribution in [2.75, 3.05) is 26.5 Å². The van der Waals surface area contributed by atoms with Crippen LogP contribution in [0.25, 0.3) is 11.1 Å². The Kier molecular flexibility index (Phi) is 5.80. The van der Waals surface area contributed by atoms with Gasteiger partial charge in [-0.25, -0.2) is 4.98 Å². The van der Waals surface area contributed by atoms with Crippen molar-refractivity contribution in [1.29, 1.82) is 0 Å². The Hall–Kier alpha value is -2.97. The molecular weight excluding hydrogens is 444 g/mol. The van der Waals surface area contributed by atoms with E-state index in [0.29, 0.717) is 23.3 Å². The number of aromatic nitrogens is 1. The fraction of sp³-hybridized carbons (Fsp3) is 0.250. The van der Waals surface area contributed by atoms with E-state index < -0.39 is 0 Å². The van der Waals surface area contributed by atoms with Crippen molar-refractivity contribution >= 4 is 40.1 Å². The van der Waals surface area contributed by atoms with Crippen molar-refractivity contribution in [3.05, 3.63) is 69.9 Å². The zero-order valence-electron chi connectivity index (χ0n) is 17.7. The van der Waals surface area contributed by atoms with E-state index in [-0.39, 0.29) is 17.7 Å². The number of para-hydroxylation sites is 2. The smallest absolute Gasteiger partial charge is 0.257 e. The summed E-state index contributed by atoms with van der Waals surface area (Å²) in [7, 11) is 3.27. The summed E-state index contributed by atoms with van der Waals surface area (Å²) in [6, 6.07) is 15.6. The number of rotatable bonds is 6. The number of carbonyl (C=O) groups is 1. The topological polar surface area (TPSA) is 64.8 Å². The summed E-state index contributed by atoms with van der Waals surface area (Å²) >= 11 is 2.98. The number of benzene rings is 2. The monoisotopic (exact) mass is 466 g/mol. The fourth-order valence-corrected chi connectivity index (χ4v) is 5.67. The summed E-state index contributed by atoms with van der Waals surface area (Å²) in [5.74, 6) is 1.69. The quantitative estimate of drug-likeness (QED) is 0.365. The Morgan fingerprint density at radius 3 is 2.75 bits per heavy atom. The lowest BCUT2D eigenvalue weighted by Gasteiger charge is -2.37. The van der Waals surface area contributed by atoms with Gasteiger partial charge in [-0.3, -0.25) is 4.79 Å². The first-order chi connectivity index (χ1) is 15.7. The molecule has 3 heterocycles. The minimum atomic E-state index is -0.157. The van der Waals surface area contributed by atoms with Crippen molar-refractivity contribution in [2.24, 2.45) is 0 Å². The number of fused-ring (bicyclic) bond motifs is 2. The third-order valence-corrected chi connectivity index (χ3v) is 7.34. The van der Waals surface area contributed by atoms with Gasteiger partial charge in [-0.05, 0) is 53.3 Å². The van der Waals surface area contributed by atoms with Crippen molar-refractivity contribution < 1.29 is 18.7 Å². The first kappa shape index (κ1) is 20.9. The maximum Gasteiger partial charge on any atom is 0.257 e. The second-order valence-electron chi connectivity index (χ2n) is 7.40. The standard InChI is InChI=1S/C24H22N2O4S2/c1-28-19-12-15-9-10-26(23(21-8-5-11-31-21)16(15)13-20(19)29-2)22(27)14-32-24-25-17-6-3-4-7-18(17)30-24/h3-8,11-13,23H,9-10,14H2,1-2H3. The molecule has 8 heteroatoms. The average Bonchev–Trinajstić information content (AvgIpc) is 3.50. The lowest BCUT2D eigenvalue weighted by atomic mass is 9.91. The minimum absolute atomic E-state index is 0.0519. The summed E-state index contributed by atoms with van der Waals surface area (Å²) in [6.45, 7) is 0.637. The molecule has 4 aromatic rings. The molecule has 2 aromatic heterocycles. The van der Waals surface area contributed by atoms with Gasteiger partial charge in [0.1, 0.15) is 5.52 Å². The third-order valence-electron chi connectivity index (χ3n) is 5.60. The van der Waals surface area contributed by atoms with Crippen LogP contribution in [0.4, 0.5) is 0 Å². The second kappa shape index (κ2) is 8.88. The van der Waals surface area contributed by atoms with Crippen LogP contribution in [0.15, 0.2) is 63.6 Å². The van der Waals surface area contributed by atoms with Crippen LogP contribution in [-0.4, -0.2) is 42.3 Å². The van der Waals surface area contributed by atoms with Crippen LogP contribution in [-0.2, 0) is 11.2 Å². The molecule has 5 rings (SSSR count). The molecule has 32 heavy (non-hydrogen) atoms. The number of hydrogen-bond donors (Lipinski definition) is 0. The Balaban J connectivity index is 1.43. The molecule has 6 nitrogen and oxygen atoms in total. The number of methoxy groups -OCH3 is 2. The van der Waals surface area contributed by atoms with Crippen LogP contribution in [0, 0.1) is 0 Å². The van der Waals surface area contributed by atoms with Crippen molar-refractivity contribution in [2.45, 2.75) is 17.7 Å². The van der Waals surface area contributed by atoms with E-state index >= 15 is 0 Å². The summed E-state index contributed by atoms with van der Waals surface area (Å²) < 4.78 is 16.8. The predicted octanol–water partition coefficient (Wildman–Crippen LogP) is 5.17. The first-order valence-corrected chi connectivity index (χ1v) is 12.1. The largest absolute Gasteiger partial charge is 0.493 e. The molecule has 1 atom stereocenters. The van der Waals surface area contributed by atoms with Crippen LogP contribution in [0.1, 0.15) is 22.0 Å². The van der Waals surface area contributed by atoms with Crippen LogP contribution >= 0.6 is 23.1 Å². The summed E-state index contributed by atoms with van der Waals surface area (Å²) in [5.41, 5.74) is 3.78. The van der Waals surface area contributed by atoms with Crippen molar-refractivity contribution in [3.8, 4) is 11.5 Å². The van der Waals surface area contributed by atoms with E-state index in [1.165, 1.54) is 17.3 Å². The number of thiophene rings is 1. The van der Waals surface area contributed by atoms with Gasteiger partial charge >= 0.3 is 0 Å². The van der Waals surface area contributed by atoms with Gasteiger partial charge in [-0.1, -0.05) is 30.0 Å². The number of thioether (sulfide) groups is 1. The van der Waals surface area contributed by atoms with Gasteiger partial charge in [0.25, 0.3) is 5.22 Å². The van der Waals surface area contributed by atoms with E-state index in [0.717, 1.165) is 28.0 Å². The molecule has 1 aliphatic heterocycles. The number of nitrogens with zero attached hydrogens (tertiary/aromatic N) is 2. The zero-order valence-corrected chi connectivity index (χ0v) is 19.4. The highest BCUT2D eigenvalue weighted by atomic mass is 32.2. The van der Waals surface area contributed by atoms with E-state index in [1.807, 2.05) is 52.7 Å². The normalized spacial score (nSPS) is 15.6. The molecule has 0 saturated heterocycles. The highest BCUT2D eigenvalue weighted by molar-refractivity contribution is 7.99. The molecule has 0 saturated carbocycles. The van der Waals surface area contributed by atoms with Gasteiger partial charge in [-0.15, -0.1) is 11.3 Å². The molecule has 0 fully saturated rings. The predicted molar refractivity (Wildman–Crippen MR) is 126 cm³/mol. The fourth-order valence-electron chi connectivity index (χ4n) is 4.09. The van der Waals surface area contributed by atoms with Crippen molar-refractivity contribution in [1.82, 2.24) is 9.88 Å². The molecule has 0 radical (unpaired) electrons. The van der Waals surface area contributed by atoms with E-state index in [1.54, 1.807) is 25.6 Å². The van der Waals surface area contributed by atoms with Crippen LogP contribution in [0.3, 0.4) is 0 Å².